The maximum absolute atomic E-state index is 14.4. The van der Waals surface area contributed by atoms with Gasteiger partial charge >= 0.3 is 0 Å². The van der Waals surface area contributed by atoms with Crippen LogP contribution >= 0.6 is 11.6 Å². The van der Waals surface area contributed by atoms with Gasteiger partial charge in [-0.25, -0.2) is 9.07 Å². The smallest absolute Gasteiger partial charge is 0.249 e. The highest BCUT2D eigenvalue weighted by Gasteiger charge is 2.36. The number of carbonyl (C=O) groups excluding carboxylic acids is 2. The van der Waals surface area contributed by atoms with Crippen LogP contribution in [-0.2, 0) is 32.9 Å². The van der Waals surface area contributed by atoms with E-state index in [4.69, 9.17) is 21.4 Å². The van der Waals surface area contributed by atoms with Crippen molar-refractivity contribution in [1.82, 2.24) is 19.7 Å². The summed E-state index contributed by atoms with van der Waals surface area (Å²) in [6, 6.07) is 14.0. The highest BCUT2D eigenvalue weighted by Crippen LogP contribution is 2.29. The summed E-state index contributed by atoms with van der Waals surface area (Å²) in [6.07, 6.45) is 2.48. The van der Waals surface area contributed by atoms with Crippen LogP contribution in [0.15, 0.2) is 60.4 Å². The molecule has 0 spiro atoms. The van der Waals surface area contributed by atoms with Crippen LogP contribution < -0.4 is 5.43 Å². The van der Waals surface area contributed by atoms with E-state index in [2.05, 4.69) is 26.2 Å². The van der Waals surface area contributed by atoms with Crippen molar-refractivity contribution in [1.29, 1.82) is 0 Å². The number of aryl methyl sites for hydroxylation is 1. The molecule has 4 rings (SSSR count). The molecule has 8 nitrogen and oxygen atoms in total. The predicted octanol–water partition coefficient (Wildman–Crippen LogP) is 6.25. The van der Waals surface area contributed by atoms with Gasteiger partial charge < -0.3 is 9.64 Å². The van der Waals surface area contributed by atoms with Gasteiger partial charge in [0.05, 0.1) is 24.0 Å². The van der Waals surface area contributed by atoms with Gasteiger partial charge in [0.25, 0.3) is 0 Å². The van der Waals surface area contributed by atoms with Gasteiger partial charge in [0.2, 0.25) is 12.3 Å². The number of hydrazine groups is 1. The fourth-order valence-electron chi connectivity index (χ4n) is 4.89. The Balaban J connectivity index is 1.57. The summed E-state index contributed by atoms with van der Waals surface area (Å²) < 4.78 is 22.2. The van der Waals surface area contributed by atoms with Crippen LogP contribution in [0.3, 0.4) is 0 Å². The normalized spacial score (nSPS) is 17.3. The number of rotatable bonds is 10. The molecule has 0 saturated heterocycles. The lowest BCUT2D eigenvalue weighted by atomic mass is 9.92. The summed E-state index contributed by atoms with van der Waals surface area (Å²) >= 11 is 6.46. The van der Waals surface area contributed by atoms with Crippen LogP contribution in [0.5, 0.6) is 0 Å². The largest absolute Gasteiger partial charge is 0.491 e. The average Bonchev–Trinajstić information content (AvgIpc) is 3.35. The molecule has 2 atom stereocenters. The number of benzene rings is 2. The van der Waals surface area contributed by atoms with Crippen LogP contribution in [0.4, 0.5) is 10.2 Å². The lowest BCUT2D eigenvalue weighted by Crippen LogP contribution is -2.50. The molecule has 0 saturated carbocycles. The summed E-state index contributed by atoms with van der Waals surface area (Å²) in [7, 11) is 0. The standard InChI is InChI=1S/C32H39ClFN5O3/c1-20(2)38-22(4)14-27(30(33)31(38)41)42-18-23-10-11-25(34)15-24(23)17-37(19-40)36-29-16-28(32(5,6)7)35-39(29)26-12-8-21(3)9-13-26/h8-16,19-20,22,30,36H,17-18H2,1-7H3. The number of nitrogens with one attached hydrogen (secondary N) is 1. The Labute approximate surface area is 252 Å². The molecule has 2 aromatic carbocycles. The molecule has 0 radical (unpaired) electrons. The van der Waals surface area contributed by atoms with Crippen molar-refractivity contribution in [3.63, 3.8) is 0 Å². The van der Waals surface area contributed by atoms with Gasteiger partial charge in [-0.3, -0.25) is 20.0 Å². The van der Waals surface area contributed by atoms with E-state index in [1.54, 1.807) is 15.6 Å². The highest BCUT2D eigenvalue weighted by atomic mass is 35.5. The second-order valence-corrected chi connectivity index (χ2v) is 12.4. The van der Waals surface area contributed by atoms with Crippen LogP contribution in [-0.4, -0.2) is 49.5 Å². The number of ether oxygens (including phenoxy) is 1. The molecule has 0 aliphatic carbocycles. The van der Waals surface area contributed by atoms with E-state index < -0.39 is 11.2 Å². The Hall–Kier alpha value is -3.85. The first-order valence-electron chi connectivity index (χ1n) is 14.0. The van der Waals surface area contributed by atoms with Crippen LogP contribution in [0, 0.1) is 12.7 Å². The number of halogens is 2. The molecule has 2 unspecified atom stereocenters. The van der Waals surface area contributed by atoms with Gasteiger partial charge in [0, 0.05) is 17.5 Å². The minimum atomic E-state index is -0.945. The second kappa shape index (κ2) is 12.6. The Bertz CT molecular complexity index is 1460. The first-order chi connectivity index (χ1) is 19.8. The monoisotopic (exact) mass is 595 g/mol. The number of aromatic nitrogens is 2. The summed E-state index contributed by atoms with van der Waals surface area (Å²) in [4.78, 5) is 26.8. The van der Waals surface area contributed by atoms with Crippen LogP contribution in [0.25, 0.3) is 5.69 Å². The summed E-state index contributed by atoms with van der Waals surface area (Å²) in [5.41, 5.74) is 6.91. The molecule has 224 valence electrons. The zero-order valence-corrected chi connectivity index (χ0v) is 25.9. The third-order valence-corrected chi connectivity index (χ3v) is 7.57. The molecule has 1 aromatic heterocycles. The SMILES string of the molecule is Cc1ccc(-n2nc(C(C)(C)C)cc2NN(C=O)Cc2cc(F)ccc2COC2=CC(C)N(C(C)C)C(=O)C2Cl)cc1. The van der Waals surface area contributed by atoms with Gasteiger partial charge in [-0.05, 0) is 69.2 Å². The van der Waals surface area contributed by atoms with Crippen molar-refractivity contribution in [2.75, 3.05) is 5.43 Å². The van der Waals surface area contributed by atoms with E-state index in [-0.39, 0.29) is 36.6 Å². The number of hydrogen-bond acceptors (Lipinski definition) is 5. The van der Waals surface area contributed by atoms with Gasteiger partial charge in [-0.15, -0.1) is 11.6 Å². The van der Waals surface area contributed by atoms with Crippen molar-refractivity contribution >= 4 is 29.7 Å². The number of alkyl halides is 1. The average molecular weight is 596 g/mol. The number of hydrogen-bond donors (Lipinski definition) is 1. The fourth-order valence-corrected chi connectivity index (χ4v) is 5.14. The predicted molar refractivity (Wildman–Crippen MR) is 163 cm³/mol. The number of amides is 2. The minimum Gasteiger partial charge on any atom is -0.491 e. The van der Waals surface area contributed by atoms with Gasteiger partial charge in [-0.1, -0.05) is 44.5 Å². The second-order valence-electron chi connectivity index (χ2n) is 12.0. The molecular weight excluding hydrogens is 557 g/mol. The lowest BCUT2D eigenvalue weighted by Gasteiger charge is -2.37. The lowest BCUT2D eigenvalue weighted by molar-refractivity contribution is -0.135. The Morgan fingerprint density at radius 3 is 2.45 bits per heavy atom. The number of carbonyl (C=O) groups is 2. The first kappa shape index (κ1) is 31.1. The summed E-state index contributed by atoms with van der Waals surface area (Å²) in [5, 5.41) is 5.20. The van der Waals surface area contributed by atoms with E-state index in [0.717, 1.165) is 16.9 Å². The molecule has 1 aliphatic rings. The quantitative estimate of drug-likeness (QED) is 0.170. The van der Waals surface area contributed by atoms with Crippen molar-refractivity contribution < 1.29 is 18.7 Å². The fraction of sp³-hybridized carbons (Fsp3) is 0.406. The van der Waals surface area contributed by atoms with Crippen molar-refractivity contribution in [2.24, 2.45) is 0 Å². The molecule has 10 heteroatoms. The maximum Gasteiger partial charge on any atom is 0.249 e. The summed E-state index contributed by atoms with van der Waals surface area (Å²) in [6.45, 7) is 14.1. The highest BCUT2D eigenvalue weighted by molar-refractivity contribution is 6.32. The van der Waals surface area contributed by atoms with Gasteiger partial charge in [-0.2, -0.15) is 5.10 Å². The molecule has 2 heterocycles. The molecule has 0 fully saturated rings. The van der Waals surface area contributed by atoms with E-state index in [0.29, 0.717) is 29.1 Å². The van der Waals surface area contributed by atoms with E-state index in [9.17, 15) is 14.0 Å². The zero-order chi connectivity index (χ0) is 30.8. The molecule has 42 heavy (non-hydrogen) atoms. The third-order valence-electron chi connectivity index (χ3n) is 7.17. The Morgan fingerprint density at radius 1 is 1.14 bits per heavy atom. The first-order valence-corrected chi connectivity index (χ1v) is 14.5. The Kier molecular flexibility index (Phi) is 9.30. The van der Waals surface area contributed by atoms with Crippen LogP contribution in [0.2, 0.25) is 0 Å². The molecule has 0 bridgehead atoms. The van der Waals surface area contributed by atoms with Crippen LogP contribution in [0.1, 0.15) is 63.9 Å². The van der Waals surface area contributed by atoms with Crippen molar-refractivity contribution in [3.8, 4) is 5.69 Å². The van der Waals surface area contributed by atoms with Crippen molar-refractivity contribution in [2.45, 2.75) is 84.5 Å². The topological polar surface area (TPSA) is 79.7 Å². The molecule has 1 aliphatic heterocycles. The van der Waals surface area contributed by atoms with Gasteiger partial charge in [0.1, 0.15) is 24.0 Å². The molecule has 2 amide bonds. The van der Waals surface area contributed by atoms with Crippen molar-refractivity contribution in [3.05, 3.63) is 88.6 Å². The van der Waals surface area contributed by atoms with E-state index in [1.807, 2.05) is 64.1 Å². The third kappa shape index (κ3) is 6.95. The Morgan fingerprint density at radius 2 is 1.83 bits per heavy atom. The number of anilines is 1. The summed E-state index contributed by atoms with van der Waals surface area (Å²) in [5.74, 6) is 0.294. The molecular formula is C32H39ClFN5O3. The number of nitrogens with zero attached hydrogens (tertiary/aromatic N) is 4. The molecule has 3 aromatic rings. The van der Waals surface area contributed by atoms with E-state index >= 15 is 0 Å². The van der Waals surface area contributed by atoms with E-state index in [1.165, 1.54) is 17.1 Å². The molecule has 1 N–H and O–H groups in total. The van der Waals surface area contributed by atoms with Gasteiger partial charge in [0.15, 0.2) is 5.38 Å². The zero-order valence-electron chi connectivity index (χ0n) is 25.2. The maximum atomic E-state index is 14.4. The minimum absolute atomic E-state index is 0.00105.